The molecule has 10 rings (SSSR count). The van der Waals surface area contributed by atoms with Gasteiger partial charge < -0.3 is 20.0 Å². The van der Waals surface area contributed by atoms with Crippen LogP contribution in [0.15, 0.2) is 54.6 Å². The Hall–Kier alpha value is -5.29. The molecule has 7 aliphatic rings. The third kappa shape index (κ3) is 7.52. The number of hydrogen-bond acceptors (Lipinski definition) is 7. The minimum Gasteiger partial charge on any atom is -0.342 e. The van der Waals surface area contributed by atoms with Gasteiger partial charge in [0.15, 0.2) is 0 Å². The van der Waals surface area contributed by atoms with Gasteiger partial charge in [-0.2, -0.15) is 0 Å². The third-order valence-electron chi connectivity index (χ3n) is 16.9. The molecule has 3 aromatic carbocycles. The highest BCUT2D eigenvalue weighted by Gasteiger charge is 2.75. The van der Waals surface area contributed by atoms with Crippen molar-refractivity contribution in [2.75, 3.05) is 32.5 Å². The van der Waals surface area contributed by atoms with Gasteiger partial charge in [0.25, 0.3) is 5.91 Å². The second kappa shape index (κ2) is 18.2. The van der Waals surface area contributed by atoms with E-state index in [4.69, 9.17) is 23.2 Å². The van der Waals surface area contributed by atoms with Gasteiger partial charge in [0.2, 0.25) is 29.5 Å². The number of nitrogens with zero attached hydrogens (tertiary/aromatic N) is 4. The van der Waals surface area contributed by atoms with E-state index >= 15 is 9.18 Å². The van der Waals surface area contributed by atoms with Crippen LogP contribution in [-0.4, -0.2) is 106 Å². The monoisotopic (exact) mass is 962 g/mol. The average Bonchev–Trinajstić information content (AvgIpc) is 3.91. The van der Waals surface area contributed by atoms with Crippen molar-refractivity contribution in [3.8, 4) is 11.8 Å². The van der Waals surface area contributed by atoms with Gasteiger partial charge in [-0.3, -0.25) is 39.0 Å². The summed E-state index contributed by atoms with van der Waals surface area (Å²) in [4.78, 5) is 89.2. The van der Waals surface area contributed by atoms with Crippen LogP contribution < -0.4 is 10.6 Å². The average molecular weight is 964 g/mol. The van der Waals surface area contributed by atoms with E-state index in [9.17, 15) is 24.0 Å². The molecule has 5 aliphatic heterocycles. The maximum atomic E-state index is 16.6. The number of hydrogen-bond donors (Lipinski definition) is 2. The summed E-state index contributed by atoms with van der Waals surface area (Å²) < 4.78 is 16.6. The van der Waals surface area contributed by atoms with E-state index < -0.39 is 40.7 Å². The van der Waals surface area contributed by atoms with Crippen molar-refractivity contribution in [1.29, 1.82) is 0 Å². The molecule has 68 heavy (non-hydrogen) atoms. The molecular weight excluding hydrogens is 907 g/mol. The van der Waals surface area contributed by atoms with Gasteiger partial charge in [0, 0.05) is 84.8 Å². The zero-order valence-corrected chi connectivity index (χ0v) is 40.1. The Morgan fingerprint density at radius 3 is 2.37 bits per heavy atom. The zero-order valence-electron chi connectivity index (χ0n) is 38.6. The van der Waals surface area contributed by atoms with Crippen molar-refractivity contribution < 1.29 is 33.2 Å². The predicted octanol–water partition coefficient (Wildman–Crippen LogP) is 7.58. The third-order valence-corrected chi connectivity index (χ3v) is 17.5. The second-order valence-corrected chi connectivity index (χ2v) is 21.0. The molecule has 0 radical (unpaired) electrons. The molecule has 2 aliphatic carbocycles. The number of imide groups is 1. The van der Waals surface area contributed by atoms with Crippen LogP contribution in [0.25, 0.3) is 0 Å². The summed E-state index contributed by atoms with van der Waals surface area (Å²) >= 11 is 13.0. The van der Waals surface area contributed by atoms with Gasteiger partial charge in [0.05, 0.1) is 11.1 Å². The molecule has 356 valence electrons. The fourth-order valence-electron chi connectivity index (χ4n) is 13.4. The molecule has 0 aromatic heterocycles. The van der Waals surface area contributed by atoms with Gasteiger partial charge >= 0.3 is 0 Å². The lowest BCUT2D eigenvalue weighted by molar-refractivity contribution is -0.141. The van der Waals surface area contributed by atoms with Gasteiger partial charge in [-0.1, -0.05) is 78.6 Å². The number of likely N-dealkylation sites (N-methyl/N-ethyl adjacent to an activating group) is 2. The molecule has 2 spiro atoms. The Balaban J connectivity index is 0.791. The number of carbonyl (C=O) groups is 6. The minimum absolute atomic E-state index is 0.0617. The normalized spacial score (nSPS) is 28.0. The highest BCUT2D eigenvalue weighted by molar-refractivity contribution is 6.31. The molecule has 6 amide bonds. The van der Waals surface area contributed by atoms with E-state index in [-0.39, 0.29) is 65.0 Å². The van der Waals surface area contributed by atoms with Gasteiger partial charge in [0.1, 0.15) is 17.3 Å². The van der Waals surface area contributed by atoms with E-state index in [1.165, 1.54) is 6.07 Å². The zero-order chi connectivity index (χ0) is 47.6. The van der Waals surface area contributed by atoms with E-state index in [0.717, 1.165) is 48.8 Å². The minimum atomic E-state index is -1.30. The molecule has 1 unspecified atom stereocenters. The number of carbonyl (C=O) groups excluding carboxylic acids is 6. The number of amides is 6. The fraction of sp³-hybridized carbons (Fsp3) is 0.509. The molecule has 5 fully saturated rings. The highest BCUT2D eigenvalue weighted by Crippen LogP contribution is 2.66. The first-order chi connectivity index (χ1) is 32.7. The smallest absolute Gasteiger partial charge is 0.255 e. The summed E-state index contributed by atoms with van der Waals surface area (Å²) in [5, 5.41) is 5.89. The van der Waals surface area contributed by atoms with Gasteiger partial charge in [-0.15, -0.1) is 0 Å². The fourth-order valence-corrected chi connectivity index (χ4v) is 13.8. The first-order valence-corrected chi connectivity index (χ1v) is 25.1. The number of benzene rings is 3. The van der Waals surface area contributed by atoms with Gasteiger partial charge in [-0.25, -0.2) is 4.39 Å². The summed E-state index contributed by atoms with van der Waals surface area (Å²) in [5.74, 6) is 4.06. The first-order valence-electron chi connectivity index (χ1n) is 24.3. The Morgan fingerprint density at radius 2 is 1.63 bits per heavy atom. The van der Waals surface area contributed by atoms with Crippen LogP contribution in [0, 0.1) is 29.5 Å². The molecule has 12 nitrogen and oxygen atoms in total. The van der Waals surface area contributed by atoms with Crippen LogP contribution in [-0.2, 0) is 35.9 Å². The summed E-state index contributed by atoms with van der Waals surface area (Å²) in [5.41, 5.74) is 1.59. The summed E-state index contributed by atoms with van der Waals surface area (Å²) in [7, 11) is 3.76. The Bertz CT molecular complexity index is 2660. The molecule has 0 bridgehead atoms. The van der Waals surface area contributed by atoms with Crippen LogP contribution in [0.4, 0.5) is 10.1 Å². The van der Waals surface area contributed by atoms with Crippen LogP contribution in [0.2, 0.25) is 10.0 Å². The Labute approximate surface area is 406 Å². The number of fused-ring (bicyclic) bond motifs is 4. The summed E-state index contributed by atoms with van der Waals surface area (Å²) in [6, 6.07) is 14.0. The molecule has 4 atom stereocenters. The Morgan fingerprint density at radius 1 is 0.897 bits per heavy atom. The second-order valence-electron chi connectivity index (χ2n) is 20.2. The number of nitrogens with one attached hydrogen (secondary N) is 2. The van der Waals surface area contributed by atoms with E-state index in [0.29, 0.717) is 86.6 Å². The molecule has 2 N–H and O–H groups in total. The summed E-state index contributed by atoms with van der Waals surface area (Å²) in [6.45, 7) is 1.58. The van der Waals surface area contributed by atoms with Crippen LogP contribution >= 0.6 is 23.2 Å². The molecular formula is C53H57Cl2FN6O6. The topological polar surface area (TPSA) is 139 Å². The van der Waals surface area contributed by atoms with Crippen molar-refractivity contribution in [1.82, 2.24) is 24.9 Å². The van der Waals surface area contributed by atoms with Crippen LogP contribution in [0.5, 0.6) is 0 Å². The van der Waals surface area contributed by atoms with Crippen molar-refractivity contribution >= 4 is 64.3 Å². The maximum absolute atomic E-state index is 16.6. The lowest BCUT2D eigenvalue weighted by Crippen LogP contribution is -2.60. The molecule has 3 aromatic rings. The lowest BCUT2D eigenvalue weighted by Gasteiger charge is -2.50. The van der Waals surface area contributed by atoms with Crippen LogP contribution in [0.3, 0.4) is 0 Å². The number of halogens is 3. The molecule has 5 heterocycles. The maximum Gasteiger partial charge on any atom is 0.255 e. The molecule has 15 heteroatoms. The van der Waals surface area contributed by atoms with Crippen LogP contribution in [0.1, 0.15) is 128 Å². The standard InChI is InChI=1S/C53H57Cl2FN6O6/c1-59(50(67)46-44(37-13-8-14-40(55)45(37)56)53(52(60(46)2)25-4-3-5-26-52)39-20-17-34(54)29-41(39)57-51(53)68)35-18-15-33(16-19-35)48(65)61-27-23-31(24-28-61)9-6-10-32-11-7-12-36-38(32)30-62(49(36)66)42-21-22-43(63)58-47(42)64/h7-8,11-14,17,20,29,31,33,35,42,44,46H,3-5,9,15-16,18-19,21-28,30H2,1-2H3,(H,57,68)(H,58,63,64)/t33?,35?,42?,44-,46+,53+/m0/s1. The quantitative estimate of drug-likeness (QED) is 0.192. The van der Waals surface area contributed by atoms with E-state index in [2.05, 4.69) is 27.4 Å². The molecule has 3 saturated heterocycles. The predicted molar refractivity (Wildman–Crippen MR) is 255 cm³/mol. The number of likely N-dealkylation sites (tertiary alicyclic amines) is 2. The van der Waals surface area contributed by atoms with Crippen molar-refractivity contribution in [2.45, 2.75) is 131 Å². The van der Waals surface area contributed by atoms with Crippen molar-refractivity contribution in [2.24, 2.45) is 11.8 Å². The van der Waals surface area contributed by atoms with Crippen molar-refractivity contribution in [3.05, 3.63) is 98.3 Å². The summed E-state index contributed by atoms with van der Waals surface area (Å²) in [6.07, 6.45) is 9.49. The van der Waals surface area contributed by atoms with Crippen molar-refractivity contribution in [3.63, 3.8) is 0 Å². The molecule has 2 saturated carbocycles. The van der Waals surface area contributed by atoms with E-state index in [1.54, 1.807) is 35.2 Å². The first kappa shape index (κ1) is 46.4. The van der Waals surface area contributed by atoms with E-state index in [1.807, 2.05) is 42.1 Å². The number of anilines is 1. The lowest BCUT2D eigenvalue weighted by atomic mass is 9.55. The number of rotatable bonds is 6. The largest absolute Gasteiger partial charge is 0.342 e. The Kier molecular flexibility index (Phi) is 12.4. The van der Waals surface area contributed by atoms with Gasteiger partial charge in [-0.05, 0) is 118 Å². The highest BCUT2D eigenvalue weighted by atomic mass is 35.5. The number of piperidine rings is 2. The SMILES string of the molecule is CN(C(=O)[C@H]1[C@H](c2cccc(Cl)c2F)[C@]2(C(=O)Nc3cc(Cl)ccc32)C2(CCCCC2)N1C)C1CCC(C(=O)N2CCC(CC#Cc3cccc4c3CN(C3CCC(=O)NC3=O)C4=O)CC2)CC1.